The van der Waals surface area contributed by atoms with Gasteiger partial charge in [-0.15, -0.1) is 11.3 Å². The molecule has 2 rings (SSSR count). The lowest BCUT2D eigenvalue weighted by Crippen LogP contribution is -2.03. The number of carbonyl (C=O) groups excluding carboxylic acids is 1. The van der Waals surface area contributed by atoms with Crippen LogP contribution in [0.4, 0.5) is 0 Å². The van der Waals surface area contributed by atoms with Crippen molar-refractivity contribution in [2.75, 3.05) is 6.61 Å². The Morgan fingerprint density at radius 1 is 1.22 bits per heavy atom. The Balaban J connectivity index is 2.44. The highest BCUT2D eigenvalue weighted by Gasteiger charge is 2.17. The van der Waals surface area contributed by atoms with Gasteiger partial charge in [0.2, 0.25) is 0 Å². The molecule has 0 unspecified atom stereocenters. The summed E-state index contributed by atoms with van der Waals surface area (Å²) in [6.07, 6.45) is 0. The SMILES string of the molecule is CCOC(=O)c1sc(C)cc1-c1ccc(C)cc1. The second-order valence-corrected chi connectivity index (χ2v) is 5.44. The van der Waals surface area contributed by atoms with E-state index in [-0.39, 0.29) is 5.97 Å². The summed E-state index contributed by atoms with van der Waals surface area (Å²) in [5.41, 5.74) is 3.24. The smallest absolute Gasteiger partial charge is 0.348 e. The van der Waals surface area contributed by atoms with Crippen molar-refractivity contribution in [3.8, 4) is 11.1 Å². The Morgan fingerprint density at radius 3 is 2.50 bits per heavy atom. The zero-order valence-electron chi connectivity index (χ0n) is 10.8. The lowest BCUT2D eigenvalue weighted by molar-refractivity contribution is 0.0533. The van der Waals surface area contributed by atoms with E-state index < -0.39 is 0 Å². The van der Waals surface area contributed by atoms with Crippen molar-refractivity contribution in [1.82, 2.24) is 0 Å². The molecule has 0 aliphatic carbocycles. The van der Waals surface area contributed by atoms with E-state index in [2.05, 4.69) is 19.1 Å². The average Bonchev–Trinajstić information content (AvgIpc) is 2.73. The quantitative estimate of drug-likeness (QED) is 0.773. The Morgan fingerprint density at radius 2 is 1.89 bits per heavy atom. The molecule has 0 amide bonds. The second kappa shape index (κ2) is 5.36. The summed E-state index contributed by atoms with van der Waals surface area (Å²) in [5, 5.41) is 0. The molecule has 0 atom stereocenters. The Hall–Kier alpha value is -1.61. The lowest BCUT2D eigenvalue weighted by atomic mass is 10.0. The normalized spacial score (nSPS) is 10.4. The topological polar surface area (TPSA) is 26.3 Å². The van der Waals surface area contributed by atoms with Crippen molar-refractivity contribution in [2.24, 2.45) is 0 Å². The van der Waals surface area contributed by atoms with Gasteiger partial charge in [0.05, 0.1) is 6.61 Å². The van der Waals surface area contributed by atoms with Crippen molar-refractivity contribution >= 4 is 17.3 Å². The van der Waals surface area contributed by atoms with Gasteiger partial charge in [-0.2, -0.15) is 0 Å². The lowest BCUT2D eigenvalue weighted by Gasteiger charge is -2.04. The predicted molar refractivity (Wildman–Crippen MR) is 75.2 cm³/mol. The maximum atomic E-state index is 11.9. The van der Waals surface area contributed by atoms with E-state index in [1.807, 2.05) is 32.0 Å². The summed E-state index contributed by atoms with van der Waals surface area (Å²) < 4.78 is 5.10. The van der Waals surface area contributed by atoms with Crippen LogP contribution in [0.25, 0.3) is 11.1 Å². The molecule has 0 spiro atoms. The molecule has 1 heterocycles. The summed E-state index contributed by atoms with van der Waals surface area (Å²) in [4.78, 5) is 13.7. The zero-order chi connectivity index (χ0) is 13.1. The minimum atomic E-state index is -0.230. The Kier molecular flexibility index (Phi) is 3.82. The van der Waals surface area contributed by atoms with Crippen LogP contribution in [0.5, 0.6) is 0 Å². The summed E-state index contributed by atoms with van der Waals surface area (Å²) >= 11 is 1.49. The first-order valence-corrected chi connectivity index (χ1v) is 6.78. The molecule has 0 bridgehead atoms. The van der Waals surface area contributed by atoms with E-state index in [9.17, 15) is 4.79 Å². The maximum absolute atomic E-state index is 11.9. The maximum Gasteiger partial charge on any atom is 0.348 e. The molecule has 1 aromatic heterocycles. The van der Waals surface area contributed by atoms with Gasteiger partial charge >= 0.3 is 5.97 Å². The molecule has 0 saturated heterocycles. The van der Waals surface area contributed by atoms with Crippen LogP contribution >= 0.6 is 11.3 Å². The van der Waals surface area contributed by atoms with Gasteiger partial charge in [0.25, 0.3) is 0 Å². The van der Waals surface area contributed by atoms with Crippen LogP contribution in [0.3, 0.4) is 0 Å². The molecule has 2 aromatic rings. The molecule has 2 nitrogen and oxygen atoms in total. The average molecular weight is 260 g/mol. The predicted octanol–water partition coefficient (Wildman–Crippen LogP) is 4.21. The fourth-order valence-corrected chi connectivity index (χ4v) is 2.74. The molecular weight excluding hydrogens is 244 g/mol. The third kappa shape index (κ3) is 2.62. The zero-order valence-corrected chi connectivity index (χ0v) is 11.6. The van der Waals surface area contributed by atoms with Crippen LogP contribution in [-0.4, -0.2) is 12.6 Å². The highest BCUT2D eigenvalue weighted by Crippen LogP contribution is 2.32. The molecule has 0 N–H and O–H groups in total. The highest BCUT2D eigenvalue weighted by atomic mass is 32.1. The standard InChI is InChI=1S/C15H16O2S/c1-4-17-15(16)14-13(9-11(3)18-14)12-7-5-10(2)6-8-12/h5-9H,4H2,1-3H3. The molecule has 0 fully saturated rings. The second-order valence-electron chi connectivity index (χ2n) is 4.19. The molecule has 18 heavy (non-hydrogen) atoms. The molecule has 94 valence electrons. The number of carbonyl (C=O) groups is 1. The molecule has 0 radical (unpaired) electrons. The van der Waals surface area contributed by atoms with Crippen LogP contribution < -0.4 is 0 Å². The van der Waals surface area contributed by atoms with E-state index in [0.717, 1.165) is 16.0 Å². The summed E-state index contributed by atoms with van der Waals surface area (Å²) in [6.45, 7) is 6.28. The number of hydrogen-bond donors (Lipinski definition) is 0. The van der Waals surface area contributed by atoms with E-state index >= 15 is 0 Å². The summed E-state index contributed by atoms with van der Waals surface area (Å²) in [5.74, 6) is -0.230. The molecule has 0 aliphatic rings. The van der Waals surface area contributed by atoms with Crippen LogP contribution in [0, 0.1) is 13.8 Å². The minimum Gasteiger partial charge on any atom is -0.462 e. The Labute approximate surface area is 111 Å². The number of hydrogen-bond acceptors (Lipinski definition) is 3. The number of aryl methyl sites for hydroxylation is 2. The van der Waals surface area contributed by atoms with E-state index in [0.29, 0.717) is 11.5 Å². The van der Waals surface area contributed by atoms with Crippen LogP contribution in [-0.2, 0) is 4.74 Å². The molecule has 0 aliphatic heterocycles. The largest absolute Gasteiger partial charge is 0.462 e. The number of rotatable bonds is 3. The van der Waals surface area contributed by atoms with E-state index in [1.165, 1.54) is 16.9 Å². The van der Waals surface area contributed by atoms with E-state index in [1.54, 1.807) is 0 Å². The van der Waals surface area contributed by atoms with Gasteiger partial charge in [0, 0.05) is 10.4 Å². The van der Waals surface area contributed by atoms with Gasteiger partial charge in [-0.3, -0.25) is 0 Å². The summed E-state index contributed by atoms with van der Waals surface area (Å²) in [6, 6.07) is 10.2. The summed E-state index contributed by atoms with van der Waals surface area (Å²) in [7, 11) is 0. The van der Waals surface area contributed by atoms with Crippen LogP contribution in [0.15, 0.2) is 30.3 Å². The number of benzene rings is 1. The third-order valence-corrected chi connectivity index (χ3v) is 3.71. The van der Waals surface area contributed by atoms with Gasteiger partial charge in [-0.25, -0.2) is 4.79 Å². The van der Waals surface area contributed by atoms with E-state index in [4.69, 9.17) is 4.74 Å². The van der Waals surface area contributed by atoms with Gasteiger partial charge in [-0.05, 0) is 32.4 Å². The van der Waals surface area contributed by atoms with Crippen molar-refractivity contribution < 1.29 is 9.53 Å². The monoisotopic (exact) mass is 260 g/mol. The molecular formula is C15H16O2S. The van der Waals surface area contributed by atoms with Gasteiger partial charge in [0.1, 0.15) is 4.88 Å². The highest BCUT2D eigenvalue weighted by molar-refractivity contribution is 7.14. The number of thiophene rings is 1. The molecule has 3 heteroatoms. The first kappa shape index (κ1) is 12.8. The molecule has 0 saturated carbocycles. The van der Waals surface area contributed by atoms with Crippen molar-refractivity contribution in [3.05, 3.63) is 45.6 Å². The Bertz CT molecular complexity index is 552. The number of ether oxygens (including phenoxy) is 1. The van der Waals surface area contributed by atoms with Gasteiger partial charge < -0.3 is 4.74 Å². The molecule has 1 aromatic carbocycles. The fourth-order valence-electron chi connectivity index (χ4n) is 1.81. The minimum absolute atomic E-state index is 0.230. The first-order valence-electron chi connectivity index (χ1n) is 5.96. The van der Waals surface area contributed by atoms with Gasteiger partial charge in [0.15, 0.2) is 0 Å². The van der Waals surface area contributed by atoms with Crippen molar-refractivity contribution in [3.63, 3.8) is 0 Å². The first-order chi connectivity index (χ1) is 8.61. The third-order valence-electron chi connectivity index (χ3n) is 2.68. The van der Waals surface area contributed by atoms with Crippen molar-refractivity contribution in [2.45, 2.75) is 20.8 Å². The fraction of sp³-hybridized carbons (Fsp3) is 0.267. The number of esters is 1. The van der Waals surface area contributed by atoms with Crippen LogP contribution in [0.2, 0.25) is 0 Å². The van der Waals surface area contributed by atoms with Crippen molar-refractivity contribution in [1.29, 1.82) is 0 Å². The van der Waals surface area contributed by atoms with Gasteiger partial charge in [-0.1, -0.05) is 29.8 Å². The van der Waals surface area contributed by atoms with Crippen LogP contribution in [0.1, 0.15) is 27.0 Å².